The first-order chi connectivity index (χ1) is 10.4. The fourth-order valence-corrected chi connectivity index (χ4v) is 1.98. The lowest BCUT2D eigenvalue weighted by Crippen LogP contribution is -2.47. The summed E-state index contributed by atoms with van der Waals surface area (Å²) in [4.78, 5) is 11.9. The quantitative estimate of drug-likeness (QED) is 0.857. The first-order valence-corrected chi connectivity index (χ1v) is 6.54. The summed E-state index contributed by atoms with van der Waals surface area (Å²) in [6.07, 6.45) is -5.04. The smallest absolute Gasteiger partial charge is 0.340 e. The third kappa shape index (κ3) is 4.07. The molecule has 0 bridgehead atoms. The van der Waals surface area contributed by atoms with E-state index in [-0.39, 0.29) is 0 Å². The summed E-state index contributed by atoms with van der Waals surface area (Å²) in [5, 5.41) is 1.86. The predicted molar refractivity (Wildman–Crippen MR) is 73.9 cm³/mol. The van der Waals surface area contributed by atoms with Crippen LogP contribution in [0.3, 0.4) is 0 Å². The Kier molecular flexibility index (Phi) is 4.80. The lowest BCUT2D eigenvalue weighted by molar-refractivity contribution is -0.153. The topological polar surface area (TPSA) is 29.1 Å². The van der Waals surface area contributed by atoms with Gasteiger partial charge in [-0.05, 0) is 17.7 Å². The standard InChI is InChI=1S/C16H13F4NO/c17-13-9-5-4-8-12(13)15(22)21-14(16(18,19)20)10-11-6-2-1-3-7-11/h1-9,14H,10H2,(H,21,22)/t14-/m1/s1. The molecule has 2 aromatic rings. The van der Waals surface area contributed by atoms with Gasteiger partial charge in [0.2, 0.25) is 0 Å². The Hall–Kier alpha value is -2.37. The van der Waals surface area contributed by atoms with Crippen LogP contribution >= 0.6 is 0 Å². The highest BCUT2D eigenvalue weighted by Crippen LogP contribution is 2.24. The van der Waals surface area contributed by atoms with E-state index in [1.165, 1.54) is 24.3 Å². The molecule has 2 aromatic carbocycles. The van der Waals surface area contributed by atoms with Crippen LogP contribution < -0.4 is 5.32 Å². The monoisotopic (exact) mass is 311 g/mol. The second-order valence-corrected chi connectivity index (χ2v) is 4.74. The van der Waals surface area contributed by atoms with Crippen molar-refractivity contribution in [1.29, 1.82) is 0 Å². The molecule has 0 aliphatic heterocycles. The van der Waals surface area contributed by atoms with E-state index >= 15 is 0 Å². The molecule has 0 radical (unpaired) electrons. The summed E-state index contributed by atoms with van der Waals surface area (Å²) >= 11 is 0. The van der Waals surface area contributed by atoms with Gasteiger partial charge in [-0.3, -0.25) is 4.79 Å². The molecule has 0 saturated carbocycles. The van der Waals surface area contributed by atoms with Crippen LogP contribution in [0.5, 0.6) is 0 Å². The molecular weight excluding hydrogens is 298 g/mol. The van der Waals surface area contributed by atoms with Crippen LogP contribution in [0.15, 0.2) is 54.6 Å². The van der Waals surface area contributed by atoms with E-state index < -0.39 is 35.9 Å². The van der Waals surface area contributed by atoms with Crippen LogP contribution in [-0.2, 0) is 6.42 Å². The highest BCUT2D eigenvalue weighted by atomic mass is 19.4. The van der Waals surface area contributed by atoms with Gasteiger partial charge in [0.25, 0.3) is 5.91 Å². The van der Waals surface area contributed by atoms with Crippen molar-refractivity contribution in [2.45, 2.75) is 18.6 Å². The molecule has 2 nitrogen and oxygen atoms in total. The molecule has 0 aromatic heterocycles. The van der Waals surface area contributed by atoms with Gasteiger partial charge < -0.3 is 5.32 Å². The van der Waals surface area contributed by atoms with Crippen molar-refractivity contribution < 1.29 is 22.4 Å². The fraction of sp³-hybridized carbons (Fsp3) is 0.188. The number of carbonyl (C=O) groups is 1. The van der Waals surface area contributed by atoms with E-state index in [9.17, 15) is 22.4 Å². The summed E-state index contributed by atoms with van der Waals surface area (Å²) < 4.78 is 52.7. The van der Waals surface area contributed by atoms with Gasteiger partial charge in [0.1, 0.15) is 11.9 Å². The van der Waals surface area contributed by atoms with Crippen LogP contribution in [-0.4, -0.2) is 18.1 Å². The average molecular weight is 311 g/mol. The molecule has 0 aliphatic carbocycles. The van der Waals surface area contributed by atoms with Crippen LogP contribution in [0.2, 0.25) is 0 Å². The number of amides is 1. The fourth-order valence-electron chi connectivity index (χ4n) is 1.98. The SMILES string of the molecule is O=C(N[C@H](Cc1ccccc1)C(F)(F)F)c1ccccc1F. The van der Waals surface area contributed by atoms with E-state index in [1.54, 1.807) is 18.2 Å². The maximum Gasteiger partial charge on any atom is 0.408 e. The summed E-state index contributed by atoms with van der Waals surface area (Å²) in [7, 11) is 0. The van der Waals surface area contributed by atoms with Gasteiger partial charge in [-0.2, -0.15) is 13.2 Å². The van der Waals surface area contributed by atoms with Gasteiger partial charge in [0, 0.05) is 6.42 Å². The van der Waals surface area contributed by atoms with E-state index in [0.29, 0.717) is 5.56 Å². The zero-order chi connectivity index (χ0) is 16.2. The molecule has 0 saturated heterocycles. The minimum Gasteiger partial charge on any atom is -0.340 e. The number of hydrogen-bond donors (Lipinski definition) is 1. The van der Waals surface area contributed by atoms with Gasteiger partial charge in [0.05, 0.1) is 5.56 Å². The van der Waals surface area contributed by atoms with Gasteiger partial charge in [0.15, 0.2) is 0 Å². The molecule has 1 amide bonds. The Balaban J connectivity index is 2.17. The molecule has 0 spiro atoms. The van der Waals surface area contributed by atoms with E-state index in [0.717, 1.165) is 12.1 Å². The van der Waals surface area contributed by atoms with E-state index in [4.69, 9.17) is 0 Å². The van der Waals surface area contributed by atoms with Crippen molar-refractivity contribution in [2.75, 3.05) is 0 Å². The number of alkyl halides is 3. The Morgan fingerprint density at radius 3 is 2.18 bits per heavy atom. The van der Waals surface area contributed by atoms with Crippen LogP contribution in [0, 0.1) is 5.82 Å². The zero-order valence-corrected chi connectivity index (χ0v) is 11.4. The summed E-state index contributed by atoms with van der Waals surface area (Å²) in [5.41, 5.74) is 0.0171. The molecule has 1 N–H and O–H groups in total. The molecule has 116 valence electrons. The molecule has 0 fully saturated rings. The number of halogens is 4. The van der Waals surface area contributed by atoms with E-state index in [1.807, 2.05) is 5.32 Å². The number of carbonyl (C=O) groups excluding carboxylic acids is 1. The van der Waals surface area contributed by atoms with Gasteiger partial charge in [-0.25, -0.2) is 4.39 Å². The first kappa shape index (κ1) is 16.0. The zero-order valence-electron chi connectivity index (χ0n) is 11.4. The number of benzene rings is 2. The number of nitrogens with one attached hydrogen (secondary N) is 1. The second kappa shape index (κ2) is 6.60. The van der Waals surface area contributed by atoms with Crippen molar-refractivity contribution in [3.05, 3.63) is 71.5 Å². The summed E-state index contributed by atoms with van der Waals surface area (Å²) in [5.74, 6) is -1.95. The minimum atomic E-state index is -4.63. The van der Waals surface area contributed by atoms with Crippen molar-refractivity contribution in [2.24, 2.45) is 0 Å². The van der Waals surface area contributed by atoms with Crippen molar-refractivity contribution in [3.8, 4) is 0 Å². The lowest BCUT2D eigenvalue weighted by atomic mass is 10.0. The largest absolute Gasteiger partial charge is 0.408 e. The van der Waals surface area contributed by atoms with Crippen molar-refractivity contribution in [3.63, 3.8) is 0 Å². The maximum absolute atomic E-state index is 13.5. The average Bonchev–Trinajstić information content (AvgIpc) is 2.47. The highest BCUT2D eigenvalue weighted by molar-refractivity contribution is 5.94. The molecule has 22 heavy (non-hydrogen) atoms. The maximum atomic E-state index is 13.5. The molecule has 0 unspecified atom stereocenters. The van der Waals surface area contributed by atoms with Gasteiger partial charge >= 0.3 is 6.18 Å². The number of rotatable bonds is 4. The molecular formula is C16H13F4NO. The summed E-state index contributed by atoms with van der Waals surface area (Å²) in [6.45, 7) is 0. The highest BCUT2D eigenvalue weighted by Gasteiger charge is 2.40. The lowest BCUT2D eigenvalue weighted by Gasteiger charge is -2.22. The predicted octanol–water partition coefficient (Wildman–Crippen LogP) is 3.73. The van der Waals surface area contributed by atoms with Crippen LogP contribution in [0.25, 0.3) is 0 Å². The molecule has 0 aliphatic rings. The van der Waals surface area contributed by atoms with Crippen molar-refractivity contribution in [1.82, 2.24) is 5.32 Å². The minimum absolute atomic E-state index is 0.412. The van der Waals surface area contributed by atoms with Crippen molar-refractivity contribution >= 4 is 5.91 Å². The number of hydrogen-bond acceptors (Lipinski definition) is 1. The Labute approximate surface area is 124 Å². The van der Waals surface area contributed by atoms with Crippen LogP contribution in [0.1, 0.15) is 15.9 Å². The first-order valence-electron chi connectivity index (χ1n) is 6.54. The second-order valence-electron chi connectivity index (χ2n) is 4.74. The molecule has 2 rings (SSSR count). The van der Waals surface area contributed by atoms with Gasteiger partial charge in [-0.1, -0.05) is 42.5 Å². The third-order valence-corrected chi connectivity index (χ3v) is 3.10. The van der Waals surface area contributed by atoms with Crippen LogP contribution in [0.4, 0.5) is 17.6 Å². The van der Waals surface area contributed by atoms with Gasteiger partial charge in [-0.15, -0.1) is 0 Å². The Morgan fingerprint density at radius 1 is 1.00 bits per heavy atom. The summed E-state index contributed by atoms with van der Waals surface area (Å²) in [6, 6.07) is 10.8. The Morgan fingerprint density at radius 2 is 1.59 bits per heavy atom. The van der Waals surface area contributed by atoms with E-state index in [2.05, 4.69) is 0 Å². The third-order valence-electron chi connectivity index (χ3n) is 3.10. The molecule has 6 heteroatoms. The molecule has 0 heterocycles. The Bertz CT molecular complexity index is 640. The normalized spacial score (nSPS) is 12.7. The molecule has 1 atom stereocenters.